The lowest BCUT2D eigenvalue weighted by molar-refractivity contribution is 0.0988. The summed E-state index contributed by atoms with van der Waals surface area (Å²) in [5, 5.41) is 12.8. The Labute approximate surface area is 250 Å². The summed E-state index contributed by atoms with van der Waals surface area (Å²) in [6.07, 6.45) is 0. The van der Waals surface area contributed by atoms with Gasteiger partial charge in [0.1, 0.15) is 23.2 Å². The van der Waals surface area contributed by atoms with Crippen LogP contribution in [0.1, 0.15) is 10.4 Å². The second kappa shape index (κ2) is 14.3. The number of rotatable bonds is 8. The van der Waals surface area contributed by atoms with Gasteiger partial charge in [-0.1, -0.05) is 101 Å². The van der Waals surface area contributed by atoms with E-state index in [0.29, 0.717) is 11.3 Å². The van der Waals surface area contributed by atoms with Crippen molar-refractivity contribution in [1.29, 1.82) is 0 Å². The van der Waals surface area contributed by atoms with Gasteiger partial charge < -0.3 is 17.3 Å². The topological polar surface area (TPSA) is 41.8 Å². The van der Waals surface area contributed by atoms with Crippen LogP contribution in [0, 0.1) is 0 Å². The molecule has 3 nitrogen and oxygen atoms in total. The molecule has 5 rings (SSSR count). The number of Topliss-reactive ketones (excluding diaryl/α,β-unsaturated/α-hetero) is 1. The van der Waals surface area contributed by atoms with E-state index in [2.05, 4.69) is 57.4 Å². The van der Waals surface area contributed by atoms with E-state index >= 15 is 0 Å². The molecule has 5 aromatic carbocycles. The van der Waals surface area contributed by atoms with Crippen molar-refractivity contribution in [3.63, 3.8) is 0 Å². The minimum Gasteiger partial charge on any atom is -0.418 e. The van der Waals surface area contributed by atoms with Crippen LogP contribution in [0.3, 0.4) is 0 Å². The second-order valence-electron chi connectivity index (χ2n) is 9.02. The van der Waals surface area contributed by atoms with Gasteiger partial charge in [0.2, 0.25) is 5.78 Å². The average molecular weight is 651 g/mol. The van der Waals surface area contributed by atoms with Gasteiger partial charge in [-0.05, 0) is 60.7 Å². The fourth-order valence-electron chi connectivity index (χ4n) is 4.55. The number of carbonyl (C=O) groups is 1. The molecule has 0 spiro atoms. The number of nitrogens with zero attached hydrogens (tertiary/aromatic N) is 2. The highest BCUT2D eigenvalue weighted by atomic mass is 79.9. The third-order valence-corrected chi connectivity index (χ3v) is 11.2. The molecule has 0 saturated heterocycles. The second-order valence-corrected chi connectivity index (χ2v) is 13.4. The number of benzene rings is 5. The Bertz CT molecular complexity index is 1490. The number of azo groups is 1. The molecule has 0 fully saturated rings. The van der Waals surface area contributed by atoms with Crippen LogP contribution in [-0.4, -0.2) is 18.8 Å². The first-order valence-electron chi connectivity index (χ1n) is 12.9. The average Bonchev–Trinajstić information content (AvgIpc) is 3.01. The Balaban J connectivity index is 0.000000748. The minimum atomic E-state index is -6.00. The molecule has 0 amide bonds. The summed E-state index contributed by atoms with van der Waals surface area (Å²) in [4.78, 5) is 14.5. The summed E-state index contributed by atoms with van der Waals surface area (Å²) < 4.78 is 40.0. The van der Waals surface area contributed by atoms with E-state index in [0.717, 1.165) is 20.4 Å². The van der Waals surface area contributed by atoms with Crippen LogP contribution >= 0.6 is 23.2 Å². The summed E-state index contributed by atoms with van der Waals surface area (Å²) in [6.45, 7) is 0. The quantitative estimate of drug-likeness (QED) is 0.0543. The molecule has 1 atom stereocenters. The summed E-state index contributed by atoms with van der Waals surface area (Å²) >= 11 is 3.48. The van der Waals surface area contributed by atoms with Crippen molar-refractivity contribution in [3.8, 4) is 0 Å². The summed E-state index contributed by atoms with van der Waals surface area (Å²) in [5.74, 6) is -0.808. The van der Waals surface area contributed by atoms with Gasteiger partial charge in [0.05, 0.1) is 5.69 Å². The Morgan fingerprint density at radius 1 is 0.595 bits per heavy atom. The number of carbonyl (C=O) groups excluding carboxylic acids is 1. The van der Waals surface area contributed by atoms with Gasteiger partial charge in [-0.15, -0.1) is 5.11 Å². The van der Waals surface area contributed by atoms with Crippen molar-refractivity contribution >= 4 is 57.8 Å². The molecule has 212 valence electrons. The fraction of sp³-hybridized carbons (Fsp3) is 0.0312. The van der Waals surface area contributed by atoms with Gasteiger partial charge in [-0.2, -0.15) is 5.11 Å². The molecule has 1 unspecified atom stereocenters. The molecular weight excluding hydrogens is 626 g/mol. The zero-order chi connectivity index (χ0) is 30.0. The molecule has 42 heavy (non-hydrogen) atoms. The molecule has 5 aromatic rings. The molecule has 0 N–H and O–H groups in total. The molecule has 0 aromatic heterocycles. The van der Waals surface area contributed by atoms with Gasteiger partial charge in [0.15, 0.2) is 0 Å². The fourth-order valence-corrected chi connectivity index (χ4v) is 9.19. The SMILES string of the molecule is F[B-](F)(F)F.O=C(c1ccccc1)C(N=Nc1ccc(Br)cc1)[P+](c1ccccc1)(c1ccccc1)c1ccccc1. The Morgan fingerprint density at radius 3 is 1.33 bits per heavy atom. The highest BCUT2D eigenvalue weighted by molar-refractivity contribution is 9.10. The first kappa shape index (κ1) is 31.0. The molecule has 0 aliphatic carbocycles. The maximum Gasteiger partial charge on any atom is 0.673 e. The predicted molar refractivity (Wildman–Crippen MR) is 169 cm³/mol. The van der Waals surface area contributed by atoms with Crippen LogP contribution in [0.5, 0.6) is 0 Å². The molecule has 0 saturated carbocycles. The smallest absolute Gasteiger partial charge is 0.418 e. The van der Waals surface area contributed by atoms with Gasteiger partial charge in [-0.25, -0.2) is 0 Å². The third-order valence-electron chi connectivity index (χ3n) is 6.26. The van der Waals surface area contributed by atoms with E-state index in [1.807, 2.05) is 109 Å². The number of hydrogen-bond donors (Lipinski definition) is 0. The van der Waals surface area contributed by atoms with E-state index in [1.54, 1.807) is 0 Å². The standard InChI is InChI=1S/C32H25BrN2OP.BF4/c33-26-21-23-27(24-22-26)34-35-32(31(36)25-13-5-1-6-14-25)37(28-15-7-2-8-16-28,29-17-9-3-10-18-29)30-19-11-4-12-20-30;2-1(3,4)5/h1-24,32H;/q+1;-1. The maximum absolute atomic E-state index is 14.5. The van der Waals surface area contributed by atoms with Crippen molar-refractivity contribution in [2.24, 2.45) is 10.2 Å². The van der Waals surface area contributed by atoms with Gasteiger partial charge in [0.25, 0.3) is 5.78 Å². The summed E-state index contributed by atoms with van der Waals surface area (Å²) in [5.41, 5.74) is 1.32. The molecule has 10 heteroatoms. The molecular formula is C32H25BBrF4N2OP. The zero-order valence-corrected chi connectivity index (χ0v) is 24.6. The monoisotopic (exact) mass is 650 g/mol. The van der Waals surface area contributed by atoms with Crippen molar-refractivity contribution in [2.75, 3.05) is 0 Å². The first-order valence-corrected chi connectivity index (χ1v) is 15.5. The third kappa shape index (κ3) is 7.87. The van der Waals surface area contributed by atoms with Gasteiger partial charge >= 0.3 is 7.25 Å². The van der Waals surface area contributed by atoms with Gasteiger partial charge in [0, 0.05) is 10.0 Å². The van der Waals surface area contributed by atoms with Crippen LogP contribution < -0.4 is 15.9 Å². The normalized spacial score (nSPS) is 12.3. The molecule has 0 aliphatic rings. The molecule has 0 heterocycles. The number of halogens is 5. The van der Waals surface area contributed by atoms with Crippen LogP contribution in [0.2, 0.25) is 0 Å². The lowest BCUT2D eigenvalue weighted by Crippen LogP contribution is -2.41. The Kier molecular flexibility index (Phi) is 10.6. The van der Waals surface area contributed by atoms with Crippen LogP contribution in [0.25, 0.3) is 0 Å². The predicted octanol–water partition coefficient (Wildman–Crippen LogP) is 9.04. The van der Waals surface area contributed by atoms with Crippen molar-refractivity contribution in [1.82, 2.24) is 0 Å². The van der Waals surface area contributed by atoms with Crippen LogP contribution in [0.4, 0.5) is 23.0 Å². The highest BCUT2D eigenvalue weighted by Crippen LogP contribution is 2.61. The lowest BCUT2D eigenvalue weighted by Gasteiger charge is -2.31. The number of hydrogen-bond acceptors (Lipinski definition) is 3. The zero-order valence-electron chi connectivity index (χ0n) is 22.2. The summed E-state index contributed by atoms with van der Waals surface area (Å²) in [7, 11) is -8.65. The minimum absolute atomic E-state index is 0.0497. The van der Waals surface area contributed by atoms with Crippen molar-refractivity contribution < 1.29 is 22.1 Å². The largest absolute Gasteiger partial charge is 0.673 e. The molecule has 0 aliphatic heterocycles. The Hall–Kier alpha value is -3.94. The van der Waals surface area contributed by atoms with E-state index in [9.17, 15) is 22.1 Å². The van der Waals surface area contributed by atoms with E-state index in [4.69, 9.17) is 5.11 Å². The van der Waals surface area contributed by atoms with Crippen molar-refractivity contribution in [3.05, 3.63) is 156 Å². The van der Waals surface area contributed by atoms with Crippen LogP contribution in [0.15, 0.2) is 160 Å². The maximum atomic E-state index is 14.5. The van der Waals surface area contributed by atoms with Crippen molar-refractivity contribution in [2.45, 2.75) is 5.78 Å². The highest BCUT2D eigenvalue weighted by Gasteiger charge is 2.56. The van der Waals surface area contributed by atoms with E-state index in [-0.39, 0.29) is 5.78 Å². The first-order chi connectivity index (χ1) is 20.2. The van der Waals surface area contributed by atoms with E-state index in [1.165, 1.54) is 0 Å². The molecule has 0 radical (unpaired) electrons. The molecule has 0 bridgehead atoms. The number of ketones is 1. The Morgan fingerprint density at radius 2 is 0.952 bits per heavy atom. The van der Waals surface area contributed by atoms with Gasteiger partial charge in [-0.3, -0.25) is 4.79 Å². The summed E-state index contributed by atoms with van der Waals surface area (Å²) in [6, 6.07) is 48.0. The lowest BCUT2D eigenvalue weighted by atomic mass is 10.1. The van der Waals surface area contributed by atoms with Crippen LogP contribution in [-0.2, 0) is 0 Å². The van der Waals surface area contributed by atoms with E-state index < -0.39 is 20.3 Å².